The van der Waals surface area contributed by atoms with Crippen molar-refractivity contribution in [1.82, 2.24) is 20.4 Å². The molecule has 2 fully saturated rings. The van der Waals surface area contributed by atoms with Crippen LogP contribution in [0.5, 0.6) is 0 Å². The van der Waals surface area contributed by atoms with Crippen molar-refractivity contribution >= 4 is 5.91 Å². The monoisotopic (exact) mass is 320 g/mol. The van der Waals surface area contributed by atoms with Crippen molar-refractivity contribution in [3.63, 3.8) is 0 Å². The molecule has 3 rings (SSSR count). The van der Waals surface area contributed by atoms with E-state index in [0.717, 1.165) is 38.2 Å². The van der Waals surface area contributed by atoms with E-state index in [0.29, 0.717) is 29.7 Å². The Labute approximate surface area is 138 Å². The fourth-order valence-corrected chi connectivity index (χ4v) is 3.23. The van der Waals surface area contributed by atoms with Gasteiger partial charge in [0.1, 0.15) is 0 Å². The van der Waals surface area contributed by atoms with Gasteiger partial charge in [-0.25, -0.2) is 0 Å². The quantitative estimate of drug-likeness (QED) is 0.902. The highest BCUT2D eigenvalue weighted by Crippen LogP contribution is 2.32. The van der Waals surface area contributed by atoms with Crippen molar-refractivity contribution in [2.45, 2.75) is 65.0 Å². The molecule has 2 heterocycles. The Morgan fingerprint density at radius 3 is 2.61 bits per heavy atom. The van der Waals surface area contributed by atoms with E-state index in [4.69, 9.17) is 4.52 Å². The summed E-state index contributed by atoms with van der Waals surface area (Å²) in [5.41, 5.74) is 0. The second-order valence-electron chi connectivity index (χ2n) is 7.46. The molecule has 1 amide bonds. The fourth-order valence-electron chi connectivity index (χ4n) is 3.23. The summed E-state index contributed by atoms with van der Waals surface area (Å²) in [5, 5.41) is 7.64. The first-order chi connectivity index (χ1) is 11.0. The van der Waals surface area contributed by atoms with Gasteiger partial charge in [0.25, 0.3) is 0 Å². The Kier molecular flexibility index (Phi) is 4.71. The van der Waals surface area contributed by atoms with Gasteiger partial charge in [0.2, 0.25) is 11.8 Å². The van der Waals surface area contributed by atoms with Gasteiger partial charge in [-0.15, -0.1) is 0 Å². The number of aromatic nitrogens is 2. The summed E-state index contributed by atoms with van der Waals surface area (Å²) in [6.45, 7) is 10.1. The molecule has 23 heavy (non-hydrogen) atoms. The summed E-state index contributed by atoms with van der Waals surface area (Å²) >= 11 is 0. The maximum Gasteiger partial charge on any atom is 0.243 e. The molecule has 0 bridgehead atoms. The van der Waals surface area contributed by atoms with Crippen molar-refractivity contribution in [1.29, 1.82) is 0 Å². The van der Waals surface area contributed by atoms with Crippen molar-refractivity contribution in [3.05, 3.63) is 11.7 Å². The highest BCUT2D eigenvalue weighted by molar-refractivity contribution is 5.81. The Balaban J connectivity index is 1.54. The maximum atomic E-state index is 12.2. The molecule has 1 N–H and O–H groups in total. The number of nitrogens with one attached hydrogen (secondary N) is 1. The molecule has 6 heteroatoms. The lowest BCUT2D eigenvalue weighted by Gasteiger charge is -2.38. The fraction of sp³-hybridized carbons (Fsp3) is 0.824. The predicted octanol–water partition coefficient (Wildman–Crippen LogP) is 2.49. The lowest BCUT2D eigenvalue weighted by Crippen LogP contribution is -2.51. The Hall–Kier alpha value is -1.43. The van der Waals surface area contributed by atoms with Gasteiger partial charge < -0.3 is 14.7 Å². The van der Waals surface area contributed by atoms with Crippen LogP contribution >= 0.6 is 0 Å². The maximum absolute atomic E-state index is 12.2. The van der Waals surface area contributed by atoms with Crippen LogP contribution in [-0.2, 0) is 4.79 Å². The minimum atomic E-state index is 0.0353. The number of amides is 1. The summed E-state index contributed by atoms with van der Waals surface area (Å²) in [5.74, 6) is 2.79. The van der Waals surface area contributed by atoms with Gasteiger partial charge in [-0.2, -0.15) is 4.98 Å². The summed E-state index contributed by atoms with van der Waals surface area (Å²) in [7, 11) is 0. The Morgan fingerprint density at radius 1 is 1.30 bits per heavy atom. The van der Waals surface area contributed by atoms with E-state index in [1.165, 1.54) is 0 Å². The van der Waals surface area contributed by atoms with Gasteiger partial charge >= 0.3 is 0 Å². The summed E-state index contributed by atoms with van der Waals surface area (Å²) < 4.78 is 5.38. The van der Waals surface area contributed by atoms with E-state index in [-0.39, 0.29) is 12.0 Å². The van der Waals surface area contributed by atoms with Crippen molar-refractivity contribution in [2.24, 2.45) is 11.8 Å². The molecular formula is C17H28N4O2. The first-order valence-corrected chi connectivity index (χ1v) is 8.84. The highest BCUT2D eigenvalue weighted by Gasteiger charge is 2.37. The minimum absolute atomic E-state index is 0.0353. The molecular weight excluding hydrogens is 292 g/mol. The van der Waals surface area contributed by atoms with Gasteiger partial charge in [0.05, 0.1) is 6.04 Å². The van der Waals surface area contributed by atoms with Crippen LogP contribution in [0.4, 0.5) is 0 Å². The summed E-state index contributed by atoms with van der Waals surface area (Å²) in [6.07, 6.45) is 3.14. The highest BCUT2D eigenvalue weighted by atomic mass is 16.5. The first-order valence-electron chi connectivity index (χ1n) is 8.84. The van der Waals surface area contributed by atoms with E-state index < -0.39 is 0 Å². The second kappa shape index (κ2) is 6.59. The van der Waals surface area contributed by atoms with Crippen LogP contribution in [0.1, 0.15) is 70.6 Å². The molecule has 1 saturated carbocycles. The molecule has 1 saturated heterocycles. The number of carbonyl (C=O) groups is 1. The zero-order valence-electron chi connectivity index (χ0n) is 14.6. The molecule has 3 atom stereocenters. The molecule has 6 nitrogen and oxygen atoms in total. The standard InChI is InChI=1S/C17H28N4O2/c1-10(2)15-19-16(23-20-15)12(4)18-14-7-8-21(9-11(14)3)17(22)13-5-6-13/h10-14,18H,5-9H2,1-4H3/t11-,12+,14-/m1/s1. The molecule has 0 aromatic carbocycles. The predicted molar refractivity (Wildman–Crippen MR) is 86.8 cm³/mol. The summed E-state index contributed by atoms with van der Waals surface area (Å²) in [6, 6.07) is 0.413. The van der Waals surface area contributed by atoms with Crippen molar-refractivity contribution in [2.75, 3.05) is 13.1 Å². The van der Waals surface area contributed by atoms with Crippen LogP contribution in [0.15, 0.2) is 4.52 Å². The molecule has 2 aliphatic rings. The van der Waals surface area contributed by atoms with E-state index in [1.54, 1.807) is 0 Å². The van der Waals surface area contributed by atoms with Crippen LogP contribution in [0.3, 0.4) is 0 Å². The Bertz CT molecular complexity index is 553. The normalized spacial score (nSPS) is 26.6. The van der Waals surface area contributed by atoms with Gasteiger partial charge in [0.15, 0.2) is 5.82 Å². The summed E-state index contributed by atoms with van der Waals surface area (Å²) in [4.78, 5) is 18.7. The van der Waals surface area contributed by atoms with Crippen LogP contribution in [0.25, 0.3) is 0 Å². The van der Waals surface area contributed by atoms with Crippen LogP contribution in [0.2, 0.25) is 0 Å². The average Bonchev–Trinajstić information content (AvgIpc) is 3.24. The van der Waals surface area contributed by atoms with Crippen LogP contribution < -0.4 is 5.32 Å². The molecule has 0 unspecified atom stereocenters. The molecule has 128 valence electrons. The molecule has 0 radical (unpaired) electrons. The van der Waals surface area contributed by atoms with E-state index in [9.17, 15) is 4.79 Å². The molecule has 1 aliphatic heterocycles. The van der Waals surface area contributed by atoms with Crippen molar-refractivity contribution in [3.8, 4) is 0 Å². The number of rotatable bonds is 5. The molecule has 0 spiro atoms. The zero-order chi connectivity index (χ0) is 16.6. The number of hydrogen-bond donors (Lipinski definition) is 1. The van der Waals surface area contributed by atoms with Gasteiger partial charge in [-0.05, 0) is 32.1 Å². The number of carbonyl (C=O) groups excluding carboxylic acids is 1. The van der Waals surface area contributed by atoms with Crippen LogP contribution in [-0.4, -0.2) is 40.1 Å². The number of likely N-dealkylation sites (tertiary alicyclic amines) is 1. The smallest absolute Gasteiger partial charge is 0.243 e. The van der Waals surface area contributed by atoms with Crippen molar-refractivity contribution < 1.29 is 9.32 Å². The molecule has 1 aromatic rings. The first kappa shape index (κ1) is 16.4. The number of piperidine rings is 1. The minimum Gasteiger partial charge on any atom is -0.342 e. The average molecular weight is 320 g/mol. The molecule has 1 aromatic heterocycles. The third-order valence-electron chi connectivity index (χ3n) is 4.95. The van der Waals surface area contributed by atoms with E-state index >= 15 is 0 Å². The van der Waals surface area contributed by atoms with Crippen LogP contribution in [0, 0.1) is 11.8 Å². The Morgan fingerprint density at radius 2 is 2.04 bits per heavy atom. The van der Waals surface area contributed by atoms with Gasteiger partial charge in [0, 0.05) is 31.0 Å². The largest absolute Gasteiger partial charge is 0.342 e. The third-order valence-corrected chi connectivity index (χ3v) is 4.95. The lowest BCUT2D eigenvalue weighted by atomic mass is 9.93. The van der Waals surface area contributed by atoms with E-state index in [1.807, 2.05) is 0 Å². The SMILES string of the molecule is CC(C)c1noc([C@H](C)N[C@@H]2CCN(C(=O)C3CC3)C[C@H]2C)n1. The van der Waals surface area contributed by atoms with Gasteiger partial charge in [-0.1, -0.05) is 25.9 Å². The molecule has 1 aliphatic carbocycles. The second-order valence-corrected chi connectivity index (χ2v) is 7.46. The number of hydrogen-bond acceptors (Lipinski definition) is 5. The zero-order valence-corrected chi connectivity index (χ0v) is 14.6. The van der Waals surface area contributed by atoms with Gasteiger partial charge in [-0.3, -0.25) is 4.79 Å². The number of nitrogens with zero attached hydrogens (tertiary/aromatic N) is 3. The van der Waals surface area contributed by atoms with E-state index in [2.05, 4.69) is 48.1 Å². The third kappa shape index (κ3) is 3.74. The topological polar surface area (TPSA) is 71.3 Å². The lowest BCUT2D eigenvalue weighted by molar-refractivity contribution is -0.134.